The minimum absolute atomic E-state index is 0.0349. The van der Waals surface area contributed by atoms with Crippen LogP contribution >= 0.6 is 0 Å². The highest BCUT2D eigenvalue weighted by molar-refractivity contribution is 5.77. The Labute approximate surface area is 98.3 Å². The van der Waals surface area contributed by atoms with Crippen LogP contribution in [0.5, 0.6) is 0 Å². The number of likely N-dealkylation sites (tertiary alicyclic amines) is 1. The third kappa shape index (κ3) is 3.12. The third-order valence-electron chi connectivity index (χ3n) is 3.53. The maximum absolute atomic E-state index is 12.2. The molecule has 2 aliphatic heterocycles. The van der Waals surface area contributed by atoms with E-state index in [1.807, 2.05) is 0 Å². The van der Waals surface area contributed by atoms with Crippen LogP contribution in [0.1, 0.15) is 32.1 Å². The minimum Gasteiger partial charge on any atom is -0.338 e. The van der Waals surface area contributed by atoms with Crippen LogP contribution < -0.4 is 5.32 Å². The molecule has 98 valence electrons. The Balaban J connectivity index is 1.96. The van der Waals surface area contributed by atoms with Gasteiger partial charge < -0.3 is 10.2 Å². The van der Waals surface area contributed by atoms with E-state index in [4.69, 9.17) is 0 Å². The smallest absolute Gasteiger partial charge is 0.338 e. The highest BCUT2D eigenvalue weighted by Crippen LogP contribution is 2.28. The van der Waals surface area contributed by atoms with Gasteiger partial charge in [0.15, 0.2) is 0 Å². The fourth-order valence-corrected chi connectivity index (χ4v) is 2.83. The van der Waals surface area contributed by atoms with E-state index in [1.165, 1.54) is 4.90 Å². The fourth-order valence-electron chi connectivity index (χ4n) is 2.83. The summed E-state index contributed by atoms with van der Waals surface area (Å²) in [7, 11) is 0. The van der Waals surface area contributed by atoms with Crippen LogP contribution in [0.25, 0.3) is 0 Å². The van der Waals surface area contributed by atoms with Gasteiger partial charge in [-0.25, -0.2) is 0 Å². The molecule has 1 N–H and O–H groups in total. The lowest BCUT2D eigenvalue weighted by Gasteiger charge is -2.29. The van der Waals surface area contributed by atoms with E-state index in [-0.39, 0.29) is 12.1 Å². The molecule has 2 fully saturated rings. The molecule has 0 spiro atoms. The van der Waals surface area contributed by atoms with Crippen molar-refractivity contribution in [3.8, 4) is 0 Å². The highest BCUT2D eigenvalue weighted by atomic mass is 19.4. The van der Waals surface area contributed by atoms with Crippen molar-refractivity contribution in [2.75, 3.05) is 13.1 Å². The second kappa shape index (κ2) is 4.84. The number of rotatable bonds is 2. The SMILES string of the molecule is O=C(CC(F)(F)F)N1CCCC1C1CCCN1. The van der Waals surface area contributed by atoms with Gasteiger partial charge in [0.2, 0.25) is 5.91 Å². The van der Waals surface area contributed by atoms with Crippen LogP contribution in [0.4, 0.5) is 13.2 Å². The second-order valence-electron chi connectivity index (χ2n) is 4.79. The maximum Gasteiger partial charge on any atom is 0.397 e. The first-order valence-electron chi connectivity index (χ1n) is 6.07. The lowest BCUT2D eigenvalue weighted by Crippen LogP contribution is -2.47. The largest absolute Gasteiger partial charge is 0.397 e. The summed E-state index contributed by atoms with van der Waals surface area (Å²) in [5.74, 6) is -0.770. The summed E-state index contributed by atoms with van der Waals surface area (Å²) < 4.78 is 36.6. The molecule has 0 aliphatic carbocycles. The molecule has 0 aromatic rings. The average Bonchev–Trinajstić information content (AvgIpc) is 2.85. The van der Waals surface area contributed by atoms with Gasteiger partial charge in [-0.3, -0.25) is 4.79 Å². The molecule has 0 bridgehead atoms. The van der Waals surface area contributed by atoms with Crippen molar-refractivity contribution in [2.45, 2.75) is 50.4 Å². The number of alkyl halides is 3. The minimum atomic E-state index is -4.40. The zero-order valence-corrected chi connectivity index (χ0v) is 9.59. The molecule has 0 saturated carbocycles. The van der Waals surface area contributed by atoms with Gasteiger partial charge in [-0.1, -0.05) is 0 Å². The Morgan fingerprint density at radius 3 is 2.65 bits per heavy atom. The number of carbonyl (C=O) groups is 1. The summed E-state index contributed by atoms with van der Waals surface area (Å²) in [5, 5.41) is 3.27. The van der Waals surface area contributed by atoms with Crippen molar-refractivity contribution in [1.29, 1.82) is 0 Å². The van der Waals surface area contributed by atoms with Gasteiger partial charge in [-0.2, -0.15) is 13.2 Å². The zero-order chi connectivity index (χ0) is 12.5. The Morgan fingerprint density at radius 1 is 1.29 bits per heavy atom. The molecule has 17 heavy (non-hydrogen) atoms. The zero-order valence-electron chi connectivity index (χ0n) is 9.59. The number of carbonyl (C=O) groups excluding carboxylic acids is 1. The lowest BCUT2D eigenvalue weighted by atomic mass is 10.0. The molecule has 1 amide bonds. The molecule has 2 aliphatic rings. The van der Waals surface area contributed by atoms with Gasteiger partial charge in [0.1, 0.15) is 6.42 Å². The number of nitrogens with one attached hydrogen (secondary N) is 1. The predicted molar refractivity (Wildman–Crippen MR) is 56.4 cm³/mol. The van der Waals surface area contributed by atoms with Gasteiger partial charge in [-0.05, 0) is 32.2 Å². The molecule has 0 aromatic heterocycles. The molecule has 3 nitrogen and oxygen atoms in total. The summed E-state index contributed by atoms with van der Waals surface area (Å²) in [6.45, 7) is 1.38. The fraction of sp³-hybridized carbons (Fsp3) is 0.909. The number of hydrogen-bond acceptors (Lipinski definition) is 2. The topological polar surface area (TPSA) is 32.3 Å². The second-order valence-corrected chi connectivity index (χ2v) is 4.79. The van der Waals surface area contributed by atoms with E-state index in [9.17, 15) is 18.0 Å². The number of nitrogens with zero attached hydrogens (tertiary/aromatic N) is 1. The highest BCUT2D eigenvalue weighted by Gasteiger charge is 2.40. The van der Waals surface area contributed by atoms with E-state index in [2.05, 4.69) is 5.32 Å². The van der Waals surface area contributed by atoms with Crippen molar-refractivity contribution >= 4 is 5.91 Å². The average molecular weight is 250 g/mol. The monoisotopic (exact) mass is 250 g/mol. The van der Waals surface area contributed by atoms with E-state index in [0.29, 0.717) is 6.54 Å². The van der Waals surface area contributed by atoms with Gasteiger partial charge in [0.25, 0.3) is 0 Å². The number of hydrogen-bond donors (Lipinski definition) is 1. The third-order valence-corrected chi connectivity index (χ3v) is 3.53. The van der Waals surface area contributed by atoms with E-state index < -0.39 is 18.5 Å². The van der Waals surface area contributed by atoms with Crippen LogP contribution in [0.15, 0.2) is 0 Å². The van der Waals surface area contributed by atoms with Crippen molar-refractivity contribution in [2.24, 2.45) is 0 Å². The van der Waals surface area contributed by atoms with Crippen molar-refractivity contribution in [3.05, 3.63) is 0 Å². The van der Waals surface area contributed by atoms with Crippen LogP contribution in [0.2, 0.25) is 0 Å². The van der Waals surface area contributed by atoms with Crippen LogP contribution in [-0.4, -0.2) is 42.2 Å². The van der Waals surface area contributed by atoms with Crippen LogP contribution in [-0.2, 0) is 4.79 Å². The van der Waals surface area contributed by atoms with E-state index in [0.717, 1.165) is 32.2 Å². The van der Waals surface area contributed by atoms with Crippen molar-refractivity contribution in [1.82, 2.24) is 10.2 Å². The Kier molecular flexibility index (Phi) is 3.61. The standard InChI is InChI=1S/C11H17F3N2O/c12-11(13,14)7-10(17)16-6-2-4-9(16)8-3-1-5-15-8/h8-9,15H,1-7H2. The first-order chi connectivity index (χ1) is 7.97. The van der Waals surface area contributed by atoms with Gasteiger partial charge >= 0.3 is 6.18 Å². The first kappa shape index (κ1) is 12.7. The molecule has 2 heterocycles. The van der Waals surface area contributed by atoms with E-state index >= 15 is 0 Å². The summed E-state index contributed by atoms with van der Waals surface area (Å²) in [6.07, 6.45) is -2.08. The summed E-state index contributed by atoms with van der Waals surface area (Å²) in [4.78, 5) is 13.0. The molecule has 0 aromatic carbocycles. The van der Waals surface area contributed by atoms with Crippen molar-refractivity contribution < 1.29 is 18.0 Å². The number of amides is 1. The molecule has 2 saturated heterocycles. The molecule has 2 rings (SSSR count). The quantitative estimate of drug-likeness (QED) is 0.808. The normalized spacial score (nSPS) is 29.9. The van der Waals surface area contributed by atoms with Crippen LogP contribution in [0.3, 0.4) is 0 Å². The van der Waals surface area contributed by atoms with Crippen molar-refractivity contribution in [3.63, 3.8) is 0 Å². The van der Waals surface area contributed by atoms with Gasteiger partial charge in [0.05, 0.1) is 0 Å². The Hall–Kier alpha value is -0.780. The molecular formula is C11H17F3N2O. The van der Waals surface area contributed by atoms with Gasteiger partial charge in [0, 0.05) is 18.6 Å². The molecule has 2 unspecified atom stereocenters. The number of halogens is 3. The summed E-state index contributed by atoms with van der Waals surface area (Å²) in [6, 6.07) is 0.155. The summed E-state index contributed by atoms with van der Waals surface area (Å²) >= 11 is 0. The Morgan fingerprint density at radius 2 is 2.06 bits per heavy atom. The first-order valence-corrected chi connectivity index (χ1v) is 6.07. The molecular weight excluding hydrogens is 233 g/mol. The molecule has 2 atom stereocenters. The predicted octanol–water partition coefficient (Wildman–Crippen LogP) is 1.68. The van der Waals surface area contributed by atoms with Crippen LogP contribution in [0, 0.1) is 0 Å². The van der Waals surface area contributed by atoms with Gasteiger partial charge in [-0.15, -0.1) is 0 Å². The lowest BCUT2D eigenvalue weighted by molar-refractivity contribution is -0.162. The van der Waals surface area contributed by atoms with E-state index in [1.54, 1.807) is 0 Å². The molecule has 0 radical (unpaired) electrons. The molecule has 6 heteroatoms. The summed E-state index contributed by atoms with van der Waals surface area (Å²) in [5.41, 5.74) is 0. The Bertz CT molecular complexity index is 287. The maximum atomic E-state index is 12.2.